The van der Waals surface area contributed by atoms with Gasteiger partial charge in [-0.2, -0.15) is 13.2 Å². The Bertz CT molecular complexity index is 654. The van der Waals surface area contributed by atoms with Crippen molar-refractivity contribution in [3.8, 4) is 0 Å². The van der Waals surface area contributed by atoms with Crippen LogP contribution in [0.5, 0.6) is 0 Å². The number of nitrogens with zero attached hydrogens (tertiary/aromatic N) is 1. The maximum atomic E-state index is 12.9. The molecule has 0 heterocycles. The van der Waals surface area contributed by atoms with Gasteiger partial charge in [-0.15, -0.1) is 0 Å². The molecule has 6 nitrogen and oxygen atoms in total. The summed E-state index contributed by atoms with van der Waals surface area (Å²) < 4.78 is 64.2. The van der Waals surface area contributed by atoms with Crippen LogP contribution in [0.1, 0.15) is 25.0 Å². The molecule has 0 atom stereocenters. The Morgan fingerprint density at radius 1 is 1.38 bits per heavy atom. The first-order valence-corrected chi connectivity index (χ1v) is 7.24. The van der Waals surface area contributed by atoms with Crippen LogP contribution in [0.4, 0.5) is 18.9 Å². The molecule has 1 aromatic carbocycles. The maximum absolute atomic E-state index is 12.9. The van der Waals surface area contributed by atoms with Crippen LogP contribution in [-0.2, 0) is 16.2 Å². The fourth-order valence-electron chi connectivity index (χ4n) is 1.40. The predicted octanol–water partition coefficient (Wildman–Crippen LogP) is 1.95. The number of nitrogens with one attached hydrogen (secondary N) is 1. The largest absolute Gasteiger partial charge is 0.417 e. The molecule has 1 aromatic rings. The highest BCUT2D eigenvalue weighted by Gasteiger charge is 2.35. The van der Waals surface area contributed by atoms with Crippen molar-refractivity contribution in [2.24, 2.45) is 10.9 Å². The Hall–Kier alpha value is -1.97. The Morgan fingerprint density at radius 2 is 1.95 bits per heavy atom. The summed E-state index contributed by atoms with van der Waals surface area (Å²) >= 11 is 0. The van der Waals surface area contributed by atoms with E-state index in [1.165, 1.54) is 13.8 Å². The summed E-state index contributed by atoms with van der Waals surface area (Å²) in [6.45, 7) is 2.77. The third kappa shape index (κ3) is 4.00. The van der Waals surface area contributed by atoms with Crippen molar-refractivity contribution in [3.05, 3.63) is 29.3 Å². The Balaban J connectivity index is 3.36. The molecule has 0 unspecified atom stereocenters. The third-order valence-electron chi connectivity index (χ3n) is 2.59. The molecule has 0 amide bonds. The number of amidine groups is 1. The van der Waals surface area contributed by atoms with Crippen LogP contribution in [0, 0.1) is 0 Å². The first-order valence-electron chi connectivity index (χ1n) is 5.70. The summed E-state index contributed by atoms with van der Waals surface area (Å²) in [5, 5.41) is 10.2. The predicted molar refractivity (Wildman–Crippen MR) is 71.6 cm³/mol. The van der Waals surface area contributed by atoms with Crippen LogP contribution in [0.3, 0.4) is 0 Å². The molecule has 10 heteroatoms. The van der Waals surface area contributed by atoms with Gasteiger partial charge in [0.25, 0.3) is 0 Å². The zero-order valence-corrected chi connectivity index (χ0v) is 12.0. The summed E-state index contributed by atoms with van der Waals surface area (Å²) in [4.78, 5) is 0. The highest BCUT2D eigenvalue weighted by atomic mass is 32.2. The van der Waals surface area contributed by atoms with E-state index in [-0.39, 0.29) is 5.69 Å². The molecule has 0 saturated heterocycles. The lowest BCUT2D eigenvalue weighted by Crippen LogP contribution is -2.24. The quantitative estimate of drug-likeness (QED) is 0.340. The van der Waals surface area contributed by atoms with Crippen molar-refractivity contribution in [3.63, 3.8) is 0 Å². The molecule has 0 aromatic heterocycles. The third-order valence-corrected chi connectivity index (χ3v) is 4.35. The molecule has 0 saturated carbocycles. The number of alkyl halides is 3. The van der Waals surface area contributed by atoms with E-state index in [0.29, 0.717) is 6.07 Å². The molecule has 0 spiro atoms. The smallest absolute Gasteiger partial charge is 0.409 e. The average molecular weight is 325 g/mol. The molecule has 0 fully saturated rings. The molecule has 0 aliphatic carbocycles. The average Bonchev–Trinajstić information content (AvgIpc) is 2.36. The minimum absolute atomic E-state index is 0.259. The molecule has 21 heavy (non-hydrogen) atoms. The number of halogens is 3. The summed E-state index contributed by atoms with van der Waals surface area (Å²) in [6.07, 6.45) is -4.79. The molecular formula is C11H14F3N3O3S. The van der Waals surface area contributed by atoms with Crippen LogP contribution in [-0.4, -0.2) is 24.7 Å². The van der Waals surface area contributed by atoms with Gasteiger partial charge < -0.3 is 10.9 Å². The van der Waals surface area contributed by atoms with Gasteiger partial charge in [-0.1, -0.05) is 5.16 Å². The SMILES string of the molecule is CC(C)S(=O)(=O)Nc1ccc(C(N)=NO)c(C(F)(F)F)c1. The lowest BCUT2D eigenvalue weighted by molar-refractivity contribution is -0.137. The Kier molecular flexibility index (Phi) is 4.72. The van der Waals surface area contributed by atoms with E-state index in [2.05, 4.69) is 5.16 Å². The number of hydrogen-bond acceptors (Lipinski definition) is 4. The fourth-order valence-corrected chi connectivity index (χ4v) is 2.09. The van der Waals surface area contributed by atoms with E-state index in [4.69, 9.17) is 10.9 Å². The zero-order chi connectivity index (χ0) is 16.4. The van der Waals surface area contributed by atoms with Gasteiger partial charge in [-0.3, -0.25) is 4.72 Å². The highest BCUT2D eigenvalue weighted by Crippen LogP contribution is 2.34. The van der Waals surface area contributed by atoms with Gasteiger partial charge in [0.15, 0.2) is 5.84 Å². The van der Waals surface area contributed by atoms with Crippen LogP contribution >= 0.6 is 0 Å². The van der Waals surface area contributed by atoms with E-state index in [9.17, 15) is 21.6 Å². The molecule has 118 valence electrons. The van der Waals surface area contributed by atoms with Crippen molar-refractivity contribution in [1.82, 2.24) is 0 Å². The number of hydrogen-bond donors (Lipinski definition) is 3. The molecule has 0 bridgehead atoms. The van der Waals surface area contributed by atoms with Gasteiger partial charge in [0.05, 0.1) is 10.8 Å². The van der Waals surface area contributed by atoms with Gasteiger partial charge in [0, 0.05) is 11.3 Å². The molecular weight excluding hydrogens is 311 g/mol. The minimum Gasteiger partial charge on any atom is -0.409 e. The van der Waals surface area contributed by atoms with Crippen LogP contribution in [0.25, 0.3) is 0 Å². The molecule has 0 aliphatic rings. The second kappa shape index (κ2) is 5.80. The van der Waals surface area contributed by atoms with E-state index in [1.807, 2.05) is 4.72 Å². The van der Waals surface area contributed by atoms with E-state index < -0.39 is 38.4 Å². The van der Waals surface area contributed by atoms with Crippen molar-refractivity contribution < 1.29 is 26.8 Å². The van der Waals surface area contributed by atoms with E-state index >= 15 is 0 Å². The van der Waals surface area contributed by atoms with Crippen molar-refractivity contribution in [2.45, 2.75) is 25.3 Å². The van der Waals surface area contributed by atoms with Gasteiger partial charge in [-0.25, -0.2) is 8.42 Å². The Labute approximate surface area is 119 Å². The lowest BCUT2D eigenvalue weighted by atomic mass is 10.1. The second-order valence-electron chi connectivity index (χ2n) is 4.44. The number of anilines is 1. The zero-order valence-electron chi connectivity index (χ0n) is 11.1. The first-order chi connectivity index (χ1) is 9.49. The summed E-state index contributed by atoms with van der Waals surface area (Å²) in [5.41, 5.74) is 3.17. The van der Waals surface area contributed by atoms with Crippen molar-refractivity contribution in [1.29, 1.82) is 0 Å². The Morgan fingerprint density at radius 3 is 2.38 bits per heavy atom. The van der Waals surface area contributed by atoms with E-state index in [0.717, 1.165) is 12.1 Å². The highest BCUT2D eigenvalue weighted by molar-refractivity contribution is 7.93. The minimum atomic E-state index is -4.79. The van der Waals surface area contributed by atoms with Crippen LogP contribution in [0.15, 0.2) is 23.4 Å². The molecule has 4 N–H and O–H groups in total. The maximum Gasteiger partial charge on any atom is 0.417 e. The summed E-state index contributed by atoms with van der Waals surface area (Å²) in [7, 11) is -3.78. The monoisotopic (exact) mass is 325 g/mol. The van der Waals surface area contributed by atoms with Gasteiger partial charge in [-0.05, 0) is 32.0 Å². The van der Waals surface area contributed by atoms with E-state index in [1.54, 1.807) is 0 Å². The second-order valence-corrected chi connectivity index (χ2v) is 6.68. The number of rotatable bonds is 4. The molecule has 0 aliphatic heterocycles. The van der Waals surface area contributed by atoms with Crippen molar-refractivity contribution >= 4 is 21.5 Å². The van der Waals surface area contributed by atoms with Gasteiger partial charge in [0.1, 0.15) is 0 Å². The number of nitrogens with two attached hydrogens (primary N) is 1. The van der Waals surface area contributed by atoms with Crippen LogP contribution in [0.2, 0.25) is 0 Å². The number of sulfonamides is 1. The number of oxime groups is 1. The molecule has 0 radical (unpaired) electrons. The first kappa shape index (κ1) is 17.1. The van der Waals surface area contributed by atoms with Gasteiger partial charge in [0.2, 0.25) is 10.0 Å². The van der Waals surface area contributed by atoms with Crippen LogP contribution < -0.4 is 10.5 Å². The summed E-state index contributed by atoms with van der Waals surface area (Å²) in [6, 6.07) is 2.62. The number of benzene rings is 1. The fraction of sp³-hybridized carbons (Fsp3) is 0.364. The topological polar surface area (TPSA) is 105 Å². The summed E-state index contributed by atoms with van der Waals surface area (Å²) in [5.74, 6) is -0.722. The standard InChI is InChI=1S/C11H14F3N3O3S/c1-6(2)21(19,20)17-7-3-4-8(10(15)16-18)9(5-7)11(12,13)14/h3-6,17-18H,1-2H3,(H2,15,16). The van der Waals surface area contributed by atoms with Gasteiger partial charge >= 0.3 is 6.18 Å². The normalized spacial score (nSPS) is 13.5. The lowest BCUT2D eigenvalue weighted by Gasteiger charge is -2.15. The molecule has 1 rings (SSSR count). The van der Waals surface area contributed by atoms with Crippen molar-refractivity contribution in [2.75, 3.05) is 4.72 Å².